The van der Waals surface area contributed by atoms with Crippen molar-refractivity contribution < 1.29 is 18.4 Å². The van der Waals surface area contributed by atoms with Crippen LogP contribution in [0.4, 0.5) is 15.2 Å². The van der Waals surface area contributed by atoms with Gasteiger partial charge >= 0.3 is 0 Å². The fourth-order valence-electron chi connectivity index (χ4n) is 3.42. The summed E-state index contributed by atoms with van der Waals surface area (Å²) in [4.78, 5) is 29.1. The van der Waals surface area contributed by atoms with E-state index in [0.29, 0.717) is 22.3 Å². The van der Waals surface area contributed by atoms with Gasteiger partial charge in [0.25, 0.3) is 5.91 Å². The van der Waals surface area contributed by atoms with Crippen LogP contribution in [0.2, 0.25) is 0 Å². The summed E-state index contributed by atoms with van der Waals surface area (Å²) in [6, 6.07) is 14.1. The molecule has 2 amide bonds. The second-order valence-electron chi connectivity index (χ2n) is 7.13. The Morgan fingerprint density at radius 2 is 1.97 bits per heavy atom. The number of para-hydroxylation sites is 1. The number of nitrogens with two attached hydrogens (primary N) is 1. The highest BCUT2D eigenvalue weighted by molar-refractivity contribution is 7.14. The third-order valence-electron chi connectivity index (χ3n) is 4.99. The molecule has 5 rings (SSSR count). The summed E-state index contributed by atoms with van der Waals surface area (Å²) in [7, 11) is 0. The molecule has 8 nitrogen and oxygen atoms in total. The minimum Gasteiger partial charge on any atom is -0.454 e. The van der Waals surface area contributed by atoms with E-state index in [1.54, 1.807) is 5.38 Å². The fraction of sp³-hybridized carbons (Fsp3) is 0.0909. The Morgan fingerprint density at radius 3 is 2.72 bits per heavy atom. The minimum absolute atomic E-state index is 0.0281. The summed E-state index contributed by atoms with van der Waals surface area (Å²) in [5.41, 5.74) is 7.42. The largest absolute Gasteiger partial charge is 0.454 e. The number of rotatable bonds is 5. The molecule has 1 aliphatic heterocycles. The van der Waals surface area contributed by atoms with Crippen molar-refractivity contribution in [1.29, 1.82) is 0 Å². The maximum absolute atomic E-state index is 13.2. The van der Waals surface area contributed by atoms with Gasteiger partial charge < -0.3 is 10.2 Å². The average molecular weight is 449 g/mol. The first-order valence-corrected chi connectivity index (χ1v) is 10.5. The molecule has 0 bridgehead atoms. The van der Waals surface area contributed by atoms with Gasteiger partial charge in [0.2, 0.25) is 5.91 Å². The van der Waals surface area contributed by atoms with Gasteiger partial charge in [0.05, 0.1) is 5.69 Å². The van der Waals surface area contributed by atoms with Gasteiger partial charge in [-0.15, -0.1) is 11.3 Å². The number of aromatic nitrogens is 1. The Balaban J connectivity index is 1.35. The van der Waals surface area contributed by atoms with E-state index in [-0.39, 0.29) is 12.1 Å². The number of carbonyl (C=O) groups is 2. The van der Waals surface area contributed by atoms with Crippen LogP contribution in [-0.4, -0.2) is 28.6 Å². The number of amides is 2. The highest BCUT2D eigenvalue weighted by atomic mass is 32.1. The number of hydrogen-bond acceptors (Lipinski definition) is 7. The number of benzene rings is 2. The molecule has 0 fully saturated rings. The van der Waals surface area contributed by atoms with Gasteiger partial charge in [-0.1, -0.05) is 18.2 Å². The molecule has 32 heavy (non-hydrogen) atoms. The predicted molar refractivity (Wildman–Crippen MR) is 120 cm³/mol. The lowest BCUT2D eigenvalue weighted by molar-refractivity contribution is -0.119. The van der Waals surface area contributed by atoms with Crippen molar-refractivity contribution >= 4 is 50.7 Å². The molecule has 1 unspecified atom stereocenters. The van der Waals surface area contributed by atoms with E-state index in [9.17, 15) is 14.0 Å². The molecular weight excluding hydrogens is 433 g/mol. The first kappa shape index (κ1) is 19.9. The second-order valence-corrected chi connectivity index (χ2v) is 7.99. The topological polar surface area (TPSA) is 114 Å². The SMILES string of the molecule is NC(=O)C1CC(C(=O)Nc2nc(-c3cc4ccccc4o3)cs2)=NN1c1ccc(F)cc1. The number of nitrogens with zero attached hydrogens (tertiary/aromatic N) is 3. The fourth-order valence-corrected chi connectivity index (χ4v) is 4.12. The Kier molecular flexibility index (Phi) is 4.91. The first-order valence-electron chi connectivity index (χ1n) is 9.65. The highest BCUT2D eigenvalue weighted by Gasteiger charge is 2.35. The van der Waals surface area contributed by atoms with Crippen molar-refractivity contribution in [2.45, 2.75) is 12.5 Å². The van der Waals surface area contributed by atoms with Crippen LogP contribution in [0.1, 0.15) is 6.42 Å². The Morgan fingerprint density at radius 1 is 1.19 bits per heavy atom. The molecule has 0 radical (unpaired) electrons. The van der Waals surface area contributed by atoms with E-state index >= 15 is 0 Å². The van der Waals surface area contributed by atoms with Crippen molar-refractivity contribution in [2.24, 2.45) is 10.8 Å². The van der Waals surface area contributed by atoms with E-state index in [1.165, 1.54) is 40.6 Å². The summed E-state index contributed by atoms with van der Waals surface area (Å²) < 4.78 is 19.0. The zero-order valence-corrected chi connectivity index (χ0v) is 17.3. The highest BCUT2D eigenvalue weighted by Crippen LogP contribution is 2.30. The van der Waals surface area contributed by atoms with Gasteiger partial charge in [0.1, 0.15) is 28.8 Å². The summed E-state index contributed by atoms with van der Waals surface area (Å²) in [5.74, 6) is -0.958. The van der Waals surface area contributed by atoms with Crippen molar-refractivity contribution in [3.63, 3.8) is 0 Å². The van der Waals surface area contributed by atoms with Crippen LogP contribution in [0.25, 0.3) is 22.4 Å². The molecule has 2 aromatic carbocycles. The number of thiazole rings is 1. The van der Waals surface area contributed by atoms with E-state index in [4.69, 9.17) is 10.2 Å². The smallest absolute Gasteiger partial charge is 0.273 e. The lowest BCUT2D eigenvalue weighted by Crippen LogP contribution is -2.39. The molecule has 2 aromatic heterocycles. The number of hydrazone groups is 1. The Hall–Kier alpha value is -4.05. The molecule has 160 valence electrons. The van der Waals surface area contributed by atoms with Crippen LogP contribution < -0.4 is 16.1 Å². The Bertz CT molecular complexity index is 1330. The quantitative estimate of drug-likeness (QED) is 0.482. The Labute approximate surface area is 185 Å². The van der Waals surface area contributed by atoms with Gasteiger partial charge in [0.15, 0.2) is 10.9 Å². The number of halogens is 1. The zero-order valence-electron chi connectivity index (χ0n) is 16.5. The molecule has 0 saturated heterocycles. The van der Waals surface area contributed by atoms with E-state index in [1.807, 2.05) is 30.3 Å². The van der Waals surface area contributed by atoms with Gasteiger partial charge in [-0.3, -0.25) is 19.9 Å². The molecule has 3 heterocycles. The standard InChI is InChI=1S/C22H16FN5O3S/c23-13-5-7-14(8-6-13)28-17(20(24)29)10-15(27-28)21(30)26-22-25-16(11-32-22)19-9-12-3-1-2-4-18(12)31-19/h1-9,11,17H,10H2,(H2,24,29)(H,25,26,30). The van der Waals surface area contributed by atoms with E-state index < -0.39 is 23.7 Å². The van der Waals surface area contributed by atoms with Crippen molar-refractivity contribution in [2.75, 3.05) is 10.3 Å². The lowest BCUT2D eigenvalue weighted by atomic mass is 10.1. The van der Waals surface area contributed by atoms with Crippen LogP contribution in [0.5, 0.6) is 0 Å². The monoisotopic (exact) mass is 449 g/mol. The van der Waals surface area contributed by atoms with Crippen LogP contribution in [-0.2, 0) is 9.59 Å². The third-order valence-corrected chi connectivity index (χ3v) is 5.75. The number of carbonyl (C=O) groups excluding carboxylic acids is 2. The minimum atomic E-state index is -0.844. The van der Waals surface area contributed by atoms with Crippen LogP contribution in [0.3, 0.4) is 0 Å². The number of nitrogens with one attached hydrogen (secondary N) is 1. The van der Waals surface area contributed by atoms with Crippen LogP contribution >= 0.6 is 11.3 Å². The summed E-state index contributed by atoms with van der Waals surface area (Å²) in [6.45, 7) is 0. The third kappa shape index (κ3) is 3.71. The van der Waals surface area contributed by atoms with Crippen molar-refractivity contribution in [1.82, 2.24) is 4.98 Å². The first-order chi connectivity index (χ1) is 15.5. The maximum Gasteiger partial charge on any atom is 0.273 e. The van der Waals surface area contributed by atoms with Gasteiger partial charge in [-0.2, -0.15) is 5.10 Å². The normalized spacial score (nSPS) is 15.7. The zero-order chi connectivity index (χ0) is 22.2. The molecule has 10 heteroatoms. The van der Waals surface area contributed by atoms with Crippen LogP contribution in [0, 0.1) is 5.82 Å². The molecular formula is C22H16FN5O3S. The molecule has 1 aliphatic rings. The van der Waals surface area contributed by atoms with Crippen LogP contribution in [0.15, 0.2) is 69.5 Å². The van der Waals surface area contributed by atoms with E-state index in [0.717, 1.165) is 11.0 Å². The van der Waals surface area contributed by atoms with Gasteiger partial charge in [-0.05, 0) is 36.4 Å². The molecule has 0 aliphatic carbocycles. The molecule has 0 saturated carbocycles. The summed E-state index contributed by atoms with van der Waals surface area (Å²) in [5, 5.41) is 11.4. The number of hydrogen-bond donors (Lipinski definition) is 2. The molecule has 4 aromatic rings. The molecule has 3 N–H and O–H groups in total. The van der Waals surface area contributed by atoms with Gasteiger partial charge in [-0.25, -0.2) is 9.37 Å². The van der Waals surface area contributed by atoms with E-state index in [2.05, 4.69) is 15.4 Å². The number of fused-ring (bicyclic) bond motifs is 1. The van der Waals surface area contributed by atoms with Crippen molar-refractivity contribution in [3.05, 3.63) is 65.8 Å². The second kappa shape index (κ2) is 7.89. The number of anilines is 2. The van der Waals surface area contributed by atoms with Crippen molar-refractivity contribution in [3.8, 4) is 11.5 Å². The molecule has 1 atom stereocenters. The predicted octanol–water partition coefficient (Wildman–Crippen LogP) is 3.75. The summed E-state index contributed by atoms with van der Waals surface area (Å²) in [6.07, 6.45) is 0.0281. The van der Waals surface area contributed by atoms with Gasteiger partial charge in [0, 0.05) is 17.2 Å². The summed E-state index contributed by atoms with van der Waals surface area (Å²) >= 11 is 1.24. The average Bonchev–Trinajstić information content (AvgIpc) is 3.51. The maximum atomic E-state index is 13.2. The number of furan rings is 1. The molecule has 0 spiro atoms. The number of primary amides is 1. The lowest BCUT2D eigenvalue weighted by Gasteiger charge is -2.20.